The highest BCUT2D eigenvalue weighted by molar-refractivity contribution is 5.73. The average Bonchev–Trinajstić information content (AvgIpc) is 2.85. The van der Waals surface area contributed by atoms with Gasteiger partial charge in [0, 0.05) is 5.57 Å². The van der Waals surface area contributed by atoms with Gasteiger partial charge in [-0.3, -0.25) is 0 Å². The van der Waals surface area contributed by atoms with Crippen LogP contribution in [0.25, 0.3) is 5.57 Å². The maximum atomic E-state index is 8.70. The Morgan fingerprint density at radius 1 is 1.36 bits per heavy atom. The summed E-state index contributed by atoms with van der Waals surface area (Å²) < 4.78 is 0. The zero-order valence-corrected chi connectivity index (χ0v) is 7.28. The van der Waals surface area contributed by atoms with Gasteiger partial charge in [-0.2, -0.15) is 10.5 Å². The first-order chi connectivity index (χ1) is 6.85. The molecular weight excluding hydrogens is 176 g/mol. The van der Waals surface area contributed by atoms with Gasteiger partial charge in [0.25, 0.3) is 0 Å². The standard InChI is InChI=1S/C10H6N4/c11-5-8-9(6-12)14-10(13-8)7-3-1-2-4-7/h1,3-4H,2H2,(H,13,14). The molecule has 0 fully saturated rings. The van der Waals surface area contributed by atoms with E-state index in [1.807, 2.05) is 30.4 Å². The smallest absolute Gasteiger partial charge is 0.177 e. The number of hydrogen-bond donors (Lipinski definition) is 1. The molecule has 4 nitrogen and oxygen atoms in total. The molecule has 0 aromatic carbocycles. The molecule has 1 aliphatic rings. The third kappa shape index (κ3) is 1.19. The zero-order chi connectivity index (χ0) is 9.97. The molecule has 0 atom stereocenters. The minimum absolute atomic E-state index is 0.156. The summed E-state index contributed by atoms with van der Waals surface area (Å²) >= 11 is 0. The summed E-state index contributed by atoms with van der Waals surface area (Å²) in [6.07, 6.45) is 6.78. The summed E-state index contributed by atoms with van der Waals surface area (Å²) in [6.45, 7) is 0. The molecular formula is C10H6N4. The molecule has 66 valence electrons. The minimum atomic E-state index is 0.156. The first kappa shape index (κ1) is 8.28. The largest absolute Gasteiger partial charge is 0.329 e. The van der Waals surface area contributed by atoms with Crippen molar-refractivity contribution >= 4 is 5.57 Å². The Morgan fingerprint density at radius 2 is 2.21 bits per heavy atom. The molecule has 1 aromatic rings. The third-order valence-corrected chi connectivity index (χ3v) is 1.97. The van der Waals surface area contributed by atoms with Gasteiger partial charge < -0.3 is 4.98 Å². The van der Waals surface area contributed by atoms with E-state index in [0.29, 0.717) is 5.82 Å². The van der Waals surface area contributed by atoms with Crippen LogP contribution in [-0.2, 0) is 0 Å². The predicted octanol–water partition coefficient (Wildman–Crippen LogP) is 1.50. The topological polar surface area (TPSA) is 76.3 Å². The second kappa shape index (κ2) is 3.20. The molecule has 1 aromatic heterocycles. The third-order valence-electron chi connectivity index (χ3n) is 1.97. The van der Waals surface area contributed by atoms with Gasteiger partial charge in [0.1, 0.15) is 18.0 Å². The fraction of sp³-hybridized carbons (Fsp3) is 0.100. The SMILES string of the molecule is N#Cc1nc(C2=CCC=C2)[nH]c1C#N. The molecule has 1 aliphatic carbocycles. The van der Waals surface area contributed by atoms with Crippen LogP contribution in [0.3, 0.4) is 0 Å². The van der Waals surface area contributed by atoms with Crippen LogP contribution in [0.2, 0.25) is 0 Å². The molecule has 2 rings (SSSR count). The Bertz CT molecular complexity index is 474. The van der Waals surface area contributed by atoms with Crippen molar-refractivity contribution in [1.29, 1.82) is 10.5 Å². The number of imidazole rings is 1. The van der Waals surface area contributed by atoms with Gasteiger partial charge in [-0.1, -0.05) is 18.2 Å². The Kier molecular flexibility index (Phi) is 1.89. The quantitative estimate of drug-likeness (QED) is 0.714. The van der Waals surface area contributed by atoms with Crippen molar-refractivity contribution in [1.82, 2.24) is 9.97 Å². The summed E-state index contributed by atoms with van der Waals surface area (Å²) in [5, 5.41) is 17.4. The van der Waals surface area contributed by atoms with Crippen LogP contribution in [0.1, 0.15) is 23.6 Å². The van der Waals surface area contributed by atoms with Crippen molar-refractivity contribution in [3.8, 4) is 12.1 Å². The van der Waals surface area contributed by atoms with E-state index in [9.17, 15) is 0 Å². The molecule has 0 saturated carbocycles. The molecule has 1 N–H and O–H groups in total. The van der Waals surface area contributed by atoms with Crippen molar-refractivity contribution in [2.75, 3.05) is 0 Å². The second-order valence-electron chi connectivity index (χ2n) is 2.83. The van der Waals surface area contributed by atoms with E-state index in [4.69, 9.17) is 10.5 Å². The van der Waals surface area contributed by atoms with E-state index in [2.05, 4.69) is 9.97 Å². The van der Waals surface area contributed by atoms with Gasteiger partial charge in [0.15, 0.2) is 11.4 Å². The van der Waals surface area contributed by atoms with E-state index in [-0.39, 0.29) is 11.4 Å². The number of nitrogens with zero attached hydrogens (tertiary/aromatic N) is 3. The number of allylic oxidation sites excluding steroid dienone is 4. The highest BCUT2D eigenvalue weighted by Crippen LogP contribution is 2.19. The number of aromatic nitrogens is 2. The second-order valence-corrected chi connectivity index (χ2v) is 2.83. The number of rotatable bonds is 1. The average molecular weight is 182 g/mol. The Labute approximate surface area is 80.8 Å². The van der Waals surface area contributed by atoms with Crippen LogP contribution in [0.5, 0.6) is 0 Å². The molecule has 14 heavy (non-hydrogen) atoms. The monoisotopic (exact) mass is 182 g/mol. The predicted molar refractivity (Wildman–Crippen MR) is 49.8 cm³/mol. The lowest BCUT2D eigenvalue weighted by Gasteiger charge is -1.89. The zero-order valence-electron chi connectivity index (χ0n) is 7.28. The Morgan fingerprint density at radius 3 is 2.71 bits per heavy atom. The Hall–Kier alpha value is -2.33. The van der Waals surface area contributed by atoms with Crippen LogP contribution >= 0.6 is 0 Å². The van der Waals surface area contributed by atoms with E-state index in [1.54, 1.807) is 0 Å². The van der Waals surface area contributed by atoms with E-state index < -0.39 is 0 Å². The number of nitriles is 2. The van der Waals surface area contributed by atoms with E-state index in [1.165, 1.54) is 0 Å². The summed E-state index contributed by atoms with van der Waals surface area (Å²) in [7, 11) is 0. The van der Waals surface area contributed by atoms with Crippen molar-refractivity contribution in [3.63, 3.8) is 0 Å². The maximum absolute atomic E-state index is 8.70. The molecule has 0 unspecified atom stereocenters. The summed E-state index contributed by atoms with van der Waals surface area (Å²) in [5.74, 6) is 0.590. The van der Waals surface area contributed by atoms with Crippen LogP contribution in [0.15, 0.2) is 18.2 Å². The van der Waals surface area contributed by atoms with Gasteiger partial charge in [0.05, 0.1) is 0 Å². The number of nitrogens with one attached hydrogen (secondary N) is 1. The molecule has 0 aliphatic heterocycles. The molecule has 0 bridgehead atoms. The normalized spacial score (nSPS) is 13.4. The van der Waals surface area contributed by atoms with Crippen molar-refractivity contribution in [3.05, 3.63) is 35.4 Å². The van der Waals surface area contributed by atoms with Gasteiger partial charge in [-0.05, 0) is 6.42 Å². The van der Waals surface area contributed by atoms with Gasteiger partial charge in [0.2, 0.25) is 0 Å². The van der Waals surface area contributed by atoms with E-state index in [0.717, 1.165) is 12.0 Å². The van der Waals surface area contributed by atoms with Crippen LogP contribution in [0.4, 0.5) is 0 Å². The molecule has 1 heterocycles. The fourth-order valence-electron chi connectivity index (χ4n) is 1.31. The molecule has 0 saturated heterocycles. The van der Waals surface area contributed by atoms with Crippen LogP contribution in [0, 0.1) is 22.7 Å². The number of H-pyrrole nitrogens is 1. The van der Waals surface area contributed by atoms with Gasteiger partial charge in [-0.25, -0.2) is 4.98 Å². The maximum Gasteiger partial charge on any atom is 0.177 e. The van der Waals surface area contributed by atoms with Crippen molar-refractivity contribution in [2.45, 2.75) is 6.42 Å². The molecule has 4 heteroatoms. The first-order valence-corrected chi connectivity index (χ1v) is 4.12. The van der Waals surface area contributed by atoms with Gasteiger partial charge in [-0.15, -0.1) is 0 Å². The summed E-state index contributed by atoms with van der Waals surface area (Å²) in [6, 6.07) is 3.77. The number of hydrogen-bond acceptors (Lipinski definition) is 3. The fourth-order valence-corrected chi connectivity index (χ4v) is 1.31. The lowest BCUT2D eigenvalue weighted by atomic mass is 10.3. The van der Waals surface area contributed by atoms with Crippen LogP contribution < -0.4 is 0 Å². The Balaban J connectivity index is 2.48. The lowest BCUT2D eigenvalue weighted by molar-refractivity contribution is 1.23. The van der Waals surface area contributed by atoms with Crippen molar-refractivity contribution in [2.24, 2.45) is 0 Å². The molecule has 0 spiro atoms. The lowest BCUT2D eigenvalue weighted by Crippen LogP contribution is -1.81. The van der Waals surface area contributed by atoms with Crippen molar-refractivity contribution < 1.29 is 0 Å². The van der Waals surface area contributed by atoms with Crippen LogP contribution in [-0.4, -0.2) is 9.97 Å². The highest BCUT2D eigenvalue weighted by atomic mass is 14.9. The summed E-state index contributed by atoms with van der Waals surface area (Å²) in [4.78, 5) is 6.83. The minimum Gasteiger partial charge on any atom is -0.329 e. The highest BCUT2D eigenvalue weighted by Gasteiger charge is 2.11. The molecule has 0 amide bonds. The summed E-state index contributed by atoms with van der Waals surface area (Å²) in [5.41, 5.74) is 1.32. The van der Waals surface area contributed by atoms with E-state index >= 15 is 0 Å². The molecule has 0 radical (unpaired) electrons. The number of aromatic amines is 1. The first-order valence-electron chi connectivity index (χ1n) is 4.12. The van der Waals surface area contributed by atoms with Gasteiger partial charge >= 0.3 is 0 Å².